The van der Waals surface area contributed by atoms with Crippen molar-refractivity contribution in [3.63, 3.8) is 0 Å². The summed E-state index contributed by atoms with van der Waals surface area (Å²) in [6, 6.07) is 12.2. The highest BCUT2D eigenvalue weighted by Crippen LogP contribution is 2.20. The standard InChI is InChI=1S/C17H22N2O2/c1-3-4-11-21-17(20)18-13-14-7-5-8-15(12-14)16-9-6-10-19(16)2/h5-10,12H,3-4,11,13H2,1-2H3,(H,18,20). The molecule has 21 heavy (non-hydrogen) atoms. The molecule has 1 N–H and O–H groups in total. The van der Waals surface area contributed by atoms with Crippen molar-refractivity contribution in [3.8, 4) is 11.3 Å². The van der Waals surface area contributed by atoms with Crippen molar-refractivity contribution in [1.29, 1.82) is 0 Å². The Labute approximate surface area is 125 Å². The Morgan fingerprint density at radius 1 is 1.29 bits per heavy atom. The van der Waals surface area contributed by atoms with Crippen LogP contribution in [0.25, 0.3) is 11.3 Å². The molecule has 1 aromatic heterocycles. The maximum atomic E-state index is 11.5. The van der Waals surface area contributed by atoms with Crippen LogP contribution in [0.3, 0.4) is 0 Å². The molecule has 4 heteroatoms. The van der Waals surface area contributed by atoms with E-state index in [1.54, 1.807) is 0 Å². The summed E-state index contributed by atoms with van der Waals surface area (Å²) in [4.78, 5) is 11.5. The van der Waals surface area contributed by atoms with Gasteiger partial charge in [-0.15, -0.1) is 0 Å². The number of carbonyl (C=O) groups is 1. The number of ether oxygens (including phenoxy) is 1. The molecular weight excluding hydrogens is 264 g/mol. The molecule has 1 aromatic carbocycles. The van der Waals surface area contributed by atoms with Crippen molar-refractivity contribution in [1.82, 2.24) is 9.88 Å². The number of alkyl carbamates (subject to hydrolysis) is 1. The molecule has 0 aliphatic heterocycles. The molecule has 0 fully saturated rings. The molecule has 0 aliphatic rings. The molecule has 0 spiro atoms. The predicted octanol–water partition coefficient (Wildman–Crippen LogP) is 3.72. The molecule has 4 nitrogen and oxygen atoms in total. The predicted molar refractivity (Wildman–Crippen MR) is 83.9 cm³/mol. The lowest BCUT2D eigenvalue weighted by molar-refractivity contribution is 0.144. The number of aromatic nitrogens is 1. The Morgan fingerprint density at radius 2 is 2.14 bits per heavy atom. The molecule has 0 bridgehead atoms. The first kappa shape index (κ1) is 15.2. The summed E-state index contributed by atoms with van der Waals surface area (Å²) in [6.45, 7) is 3.02. The second-order valence-corrected chi connectivity index (χ2v) is 5.05. The van der Waals surface area contributed by atoms with Gasteiger partial charge in [-0.25, -0.2) is 4.79 Å². The smallest absolute Gasteiger partial charge is 0.407 e. The van der Waals surface area contributed by atoms with Crippen LogP contribution in [0.1, 0.15) is 25.3 Å². The van der Waals surface area contributed by atoms with Crippen molar-refractivity contribution in [2.75, 3.05) is 6.61 Å². The molecule has 0 saturated heterocycles. The third-order valence-corrected chi connectivity index (χ3v) is 3.33. The average Bonchev–Trinajstić information content (AvgIpc) is 2.92. The zero-order valence-corrected chi connectivity index (χ0v) is 12.6. The maximum absolute atomic E-state index is 11.5. The number of hydrogen-bond acceptors (Lipinski definition) is 2. The van der Waals surface area contributed by atoms with Gasteiger partial charge in [0.15, 0.2) is 0 Å². The van der Waals surface area contributed by atoms with E-state index in [4.69, 9.17) is 4.74 Å². The molecule has 0 radical (unpaired) electrons. The van der Waals surface area contributed by atoms with E-state index in [-0.39, 0.29) is 6.09 Å². The molecular formula is C17H22N2O2. The number of aryl methyl sites for hydroxylation is 1. The van der Waals surface area contributed by atoms with Crippen molar-refractivity contribution in [2.24, 2.45) is 7.05 Å². The first-order chi connectivity index (χ1) is 10.2. The number of carbonyl (C=O) groups excluding carboxylic acids is 1. The van der Waals surface area contributed by atoms with Crippen molar-refractivity contribution >= 4 is 6.09 Å². The second-order valence-electron chi connectivity index (χ2n) is 5.05. The molecule has 0 saturated carbocycles. The molecule has 2 aromatic rings. The van der Waals surface area contributed by atoms with E-state index in [9.17, 15) is 4.79 Å². The third-order valence-electron chi connectivity index (χ3n) is 3.33. The fourth-order valence-corrected chi connectivity index (χ4v) is 2.14. The number of hydrogen-bond donors (Lipinski definition) is 1. The minimum atomic E-state index is -0.354. The van der Waals surface area contributed by atoms with Crippen molar-refractivity contribution in [3.05, 3.63) is 48.2 Å². The zero-order valence-electron chi connectivity index (χ0n) is 12.6. The maximum Gasteiger partial charge on any atom is 0.407 e. The number of amides is 1. The number of unbranched alkanes of at least 4 members (excludes halogenated alkanes) is 1. The van der Waals surface area contributed by atoms with Gasteiger partial charge in [-0.1, -0.05) is 31.5 Å². The van der Waals surface area contributed by atoms with Crippen LogP contribution >= 0.6 is 0 Å². The minimum absolute atomic E-state index is 0.354. The first-order valence-electron chi connectivity index (χ1n) is 7.32. The van der Waals surface area contributed by atoms with E-state index in [1.807, 2.05) is 31.4 Å². The molecule has 0 aliphatic carbocycles. The summed E-state index contributed by atoms with van der Waals surface area (Å²) in [6.07, 6.45) is 3.58. The quantitative estimate of drug-likeness (QED) is 0.822. The highest BCUT2D eigenvalue weighted by atomic mass is 16.5. The summed E-state index contributed by atoms with van der Waals surface area (Å²) in [5.74, 6) is 0. The van der Waals surface area contributed by atoms with Crippen LogP contribution in [-0.2, 0) is 18.3 Å². The van der Waals surface area contributed by atoms with Crippen LogP contribution in [-0.4, -0.2) is 17.3 Å². The van der Waals surface area contributed by atoms with Crippen molar-refractivity contribution in [2.45, 2.75) is 26.3 Å². The molecule has 112 valence electrons. The van der Waals surface area contributed by atoms with Crippen LogP contribution in [0.4, 0.5) is 4.79 Å². The molecule has 0 unspecified atom stereocenters. The van der Waals surface area contributed by atoms with E-state index in [2.05, 4.69) is 35.0 Å². The SMILES string of the molecule is CCCCOC(=O)NCc1cccc(-c2cccn2C)c1. The molecule has 1 heterocycles. The van der Waals surface area contributed by atoms with Gasteiger partial charge in [-0.05, 0) is 35.7 Å². The van der Waals surface area contributed by atoms with Gasteiger partial charge in [0.25, 0.3) is 0 Å². The summed E-state index contributed by atoms with van der Waals surface area (Å²) < 4.78 is 7.15. The highest BCUT2D eigenvalue weighted by molar-refractivity contribution is 5.67. The fraction of sp³-hybridized carbons (Fsp3) is 0.353. The second kappa shape index (κ2) is 7.53. The lowest BCUT2D eigenvalue weighted by atomic mass is 10.1. The van der Waals surface area contributed by atoms with E-state index in [0.29, 0.717) is 13.2 Å². The number of benzene rings is 1. The third kappa shape index (κ3) is 4.38. The number of nitrogens with zero attached hydrogens (tertiary/aromatic N) is 1. The van der Waals surface area contributed by atoms with Gasteiger partial charge in [-0.3, -0.25) is 0 Å². The topological polar surface area (TPSA) is 43.3 Å². The van der Waals surface area contributed by atoms with Gasteiger partial charge in [0, 0.05) is 25.5 Å². The molecule has 1 amide bonds. The van der Waals surface area contributed by atoms with Crippen molar-refractivity contribution < 1.29 is 9.53 Å². The first-order valence-corrected chi connectivity index (χ1v) is 7.32. The van der Waals surface area contributed by atoms with Crippen LogP contribution in [0.2, 0.25) is 0 Å². The van der Waals surface area contributed by atoms with E-state index in [1.165, 1.54) is 0 Å². The van der Waals surface area contributed by atoms with Gasteiger partial charge in [-0.2, -0.15) is 0 Å². The largest absolute Gasteiger partial charge is 0.450 e. The normalized spacial score (nSPS) is 10.4. The lowest BCUT2D eigenvalue weighted by Gasteiger charge is -2.09. The summed E-state index contributed by atoms with van der Waals surface area (Å²) in [7, 11) is 2.02. The monoisotopic (exact) mass is 286 g/mol. The van der Waals surface area contributed by atoms with Crippen LogP contribution < -0.4 is 5.32 Å². The molecule has 2 rings (SSSR count). The van der Waals surface area contributed by atoms with Gasteiger partial charge in [0.05, 0.1) is 6.61 Å². The Hall–Kier alpha value is -2.23. The minimum Gasteiger partial charge on any atom is -0.450 e. The average molecular weight is 286 g/mol. The Kier molecular flexibility index (Phi) is 5.43. The van der Waals surface area contributed by atoms with Gasteiger partial charge < -0.3 is 14.6 Å². The summed E-state index contributed by atoms with van der Waals surface area (Å²) >= 11 is 0. The number of nitrogens with one attached hydrogen (secondary N) is 1. The van der Waals surface area contributed by atoms with Crippen LogP contribution in [0.15, 0.2) is 42.6 Å². The van der Waals surface area contributed by atoms with Crippen LogP contribution in [0, 0.1) is 0 Å². The highest BCUT2D eigenvalue weighted by Gasteiger charge is 2.04. The Balaban J connectivity index is 1.93. The Morgan fingerprint density at radius 3 is 2.86 bits per heavy atom. The van der Waals surface area contributed by atoms with Gasteiger partial charge >= 0.3 is 6.09 Å². The van der Waals surface area contributed by atoms with E-state index in [0.717, 1.165) is 29.7 Å². The lowest BCUT2D eigenvalue weighted by Crippen LogP contribution is -2.24. The summed E-state index contributed by atoms with van der Waals surface area (Å²) in [5.41, 5.74) is 3.35. The Bertz CT molecular complexity index is 590. The summed E-state index contributed by atoms with van der Waals surface area (Å²) in [5, 5.41) is 2.78. The number of rotatable bonds is 6. The van der Waals surface area contributed by atoms with Gasteiger partial charge in [0.1, 0.15) is 0 Å². The van der Waals surface area contributed by atoms with E-state index >= 15 is 0 Å². The van der Waals surface area contributed by atoms with Gasteiger partial charge in [0.2, 0.25) is 0 Å². The van der Waals surface area contributed by atoms with Crippen LogP contribution in [0.5, 0.6) is 0 Å². The fourth-order valence-electron chi connectivity index (χ4n) is 2.14. The molecule has 0 atom stereocenters. The van der Waals surface area contributed by atoms with E-state index < -0.39 is 0 Å². The zero-order chi connectivity index (χ0) is 15.1.